The molecule has 1 rings (SSSR count). The number of halogens is 1. The Balaban J connectivity index is 3.12. The molecule has 1 aromatic rings. The lowest BCUT2D eigenvalue weighted by molar-refractivity contribution is -0.130. The molecule has 0 aliphatic rings. The molecule has 0 spiro atoms. The van der Waals surface area contributed by atoms with E-state index in [1.807, 2.05) is 5.32 Å². The van der Waals surface area contributed by atoms with Crippen LogP contribution in [0.3, 0.4) is 0 Å². The lowest BCUT2D eigenvalue weighted by Crippen LogP contribution is -2.45. The van der Waals surface area contributed by atoms with E-state index >= 15 is 0 Å². The van der Waals surface area contributed by atoms with Gasteiger partial charge in [0, 0.05) is 6.26 Å². The number of nitrogens with two attached hydrogens (primary N) is 1. The molecule has 0 saturated carbocycles. The minimum absolute atomic E-state index is 0.0368. The molecule has 0 bridgehead atoms. The van der Waals surface area contributed by atoms with Crippen LogP contribution in [-0.4, -0.2) is 38.7 Å². The molecule has 10 heteroatoms. The molecule has 1 atom stereocenters. The highest BCUT2D eigenvalue weighted by molar-refractivity contribution is 7.90. The van der Waals surface area contributed by atoms with Gasteiger partial charge in [0.25, 0.3) is 5.91 Å². The largest absolute Gasteiger partial charge is 0.448 e. The smallest absolute Gasteiger partial charge is 0.340 e. The van der Waals surface area contributed by atoms with Crippen molar-refractivity contribution in [2.24, 2.45) is 11.7 Å². The minimum Gasteiger partial charge on any atom is -0.448 e. The molecule has 1 aromatic carbocycles. The second kappa shape index (κ2) is 7.63. The predicted octanol–water partition coefficient (Wildman–Crippen LogP) is 1.12. The number of urea groups is 1. The Bertz CT molecular complexity index is 775. The van der Waals surface area contributed by atoms with Gasteiger partial charge in [0.2, 0.25) is 0 Å². The predicted molar refractivity (Wildman–Crippen MR) is 86.3 cm³/mol. The van der Waals surface area contributed by atoms with Crippen molar-refractivity contribution in [3.05, 3.63) is 28.8 Å². The Morgan fingerprint density at radius 3 is 2.29 bits per heavy atom. The van der Waals surface area contributed by atoms with Crippen molar-refractivity contribution in [1.82, 2.24) is 5.32 Å². The number of esters is 1. The minimum atomic E-state index is -3.56. The van der Waals surface area contributed by atoms with E-state index in [0.29, 0.717) is 0 Å². The second-order valence-electron chi connectivity index (χ2n) is 5.34. The third-order valence-corrected chi connectivity index (χ3v) is 4.37. The first-order chi connectivity index (χ1) is 10.9. The van der Waals surface area contributed by atoms with Gasteiger partial charge in [-0.25, -0.2) is 18.0 Å². The van der Waals surface area contributed by atoms with Crippen LogP contribution < -0.4 is 11.1 Å². The number of imide groups is 1. The third kappa shape index (κ3) is 5.20. The van der Waals surface area contributed by atoms with Crippen LogP contribution in [0.25, 0.3) is 0 Å². The zero-order valence-electron chi connectivity index (χ0n) is 13.2. The van der Waals surface area contributed by atoms with Crippen molar-refractivity contribution >= 4 is 39.3 Å². The number of benzene rings is 1. The molecule has 0 aliphatic carbocycles. The van der Waals surface area contributed by atoms with E-state index in [1.165, 1.54) is 12.1 Å². The monoisotopic (exact) mass is 376 g/mol. The summed E-state index contributed by atoms with van der Waals surface area (Å²) in [5.41, 5.74) is 4.65. The lowest BCUT2D eigenvalue weighted by atomic mass is 10.1. The summed E-state index contributed by atoms with van der Waals surface area (Å²) >= 11 is 5.90. The topological polar surface area (TPSA) is 133 Å². The van der Waals surface area contributed by atoms with Crippen LogP contribution in [0.4, 0.5) is 4.79 Å². The molecule has 24 heavy (non-hydrogen) atoms. The van der Waals surface area contributed by atoms with E-state index < -0.39 is 39.8 Å². The summed E-state index contributed by atoms with van der Waals surface area (Å²) in [5, 5.41) is 1.79. The molecule has 8 nitrogen and oxygen atoms in total. The van der Waals surface area contributed by atoms with Crippen LogP contribution in [0, 0.1) is 5.92 Å². The summed E-state index contributed by atoms with van der Waals surface area (Å²) in [7, 11) is -3.56. The van der Waals surface area contributed by atoms with Crippen molar-refractivity contribution in [2.45, 2.75) is 24.8 Å². The van der Waals surface area contributed by atoms with E-state index in [4.69, 9.17) is 22.1 Å². The number of nitrogens with one attached hydrogen (secondary N) is 1. The van der Waals surface area contributed by atoms with Crippen LogP contribution in [0.2, 0.25) is 5.02 Å². The fraction of sp³-hybridized carbons (Fsp3) is 0.357. The van der Waals surface area contributed by atoms with E-state index in [2.05, 4.69) is 0 Å². The van der Waals surface area contributed by atoms with Gasteiger partial charge < -0.3 is 10.5 Å². The Morgan fingerprint density at radius 2 is 1.83 bits per heavy atom. The van der Waals surface area contributed by atoms with Gasteiger partial charge in [0.05, 0.1) is 15.5 Å². The van der Waals surface area contributed by atoms with Gasteiger partial charge in [-0.05, 0) is 24.1 Å². The molecule has 0 heterocycles. The fourth-order valence-electron chi connectivity index (χ4n) is 1.76. The fourth-order valence-corrected chi connectivity index (χ4v) is 2.60. The third-order valence-electron chi connectivity index (χ3n) is 2.93. The number of carbonyl (C=O) groups excluding carboxylic acids is 3. The summed E-state index contributed by atoms with van der Waals surface area (Å²) in [4.78, 5) is 34.7. The number of hydrogen-bond donors (Lipinski definition) is 2. The number of amides is 3. The van der Waals surface area contributed by atoms with Gasteiger partial charge in [-0.2, -0.15) is 0 Å². The van der Waals surface area contributed by atoms with Crippen LogP contribution in [0.5, 0.6) is 0 Å². The molecule has 0 unspecified atom stereocenters. The zero-order chi connectivity index (χ0) is 18.7. The van der Waals surface area contributed by atoms with Crippen molar-refractivity contribution in [2.75, 3.05) is 6.26 Å². The second-order valence-corrected chi connectivity index (χ2v) is 7.76. The summed E-state index contributed by atoms with van der Waals surface area (Å²) in [6.07, 6.45) is -0.328. The Labute approximate surface area is 144 Å². The van der Waals surface area contributed by atoms with Gasteiger partial charge in [-0.15, -0.1) is 0 Å². The number of sulfone groups is 1. The number of rotatable bonds is 5. The van der Waals surface area contributed by atoms with Gasteiger partial charge in [-0.1, -0.05) is 25.4 Å². The highest BCUT2D eigenvalue weighted by Gasteiger charge is 2.29. The number of hydrogen-bond acceptors (Lipinski definition) is 6. The van der Waals surface area contributed by atoms with Crippen molar-refractivity contribution < 1.29 is 27.5 Å². The Hall–Kier alpha value is -2.13. The Morgan fingerprint density at radius 1 is 1.25 bits per heavy atom. The van der Waals surface area contributed by atoms with Crippen molar-refractivity contribution in [3.63, 3.8) is 0 Å². The van der Waals surface area contributed by atoms with Gasteiger partial charge >= 0.3 is 12.0 Å². The zero-order valence-corrected chi connectivity index (χ0v) is 14.8. The average molecular weight is 377 g/mol. The summed E-state index contributed by atoms with van der Waals surface area (Å²) in [5.74, 6) is -2.35. The number of primary amides is 1. The first-order valence-electron chi connectivity index (χ1n) is 6.74. The molecule has 0 radical (unpaired) electrons. The van der Waals surface area contributed by atoms with Gasteiger partial charge in [-0.3, -0.25) is 10.1 Å². The molecule has 3 N–H and O–H groups in total. The van der Waals surface area contributed by atoms with Gasteiger partial charge in [0.15, 0.2) is 15.9 Å². The van der Waals surface area contributed by atoms with E-state index in [9.17, 15) is 22.8 Å². The van der Waals surface area contributed by atoms with Crippen molar-refractivity contribution in [1.29, 1.82) is 0 Å². The van der Waals surface area contributed by atoms with Gasteiger partial charge in [0.1, 0.15) is 0 Å². The molecular formula is C14H17ClN2O6S. The molecule has 0 fully saturated rings. The first-order valence-corrected chi connectivity index (χ1v) is 9.01. The lowest BCUT2D eigenvalue weighted by Gasteiger charge is -2.20. The van der Waals surface area contributed by atoms with Crippen LogP contribution in [-0.2, 0) is 19.4 Å². The standard InChI is InChI=1S/C14H17ClN2O6S/c1-7(2)11(12(18)17-14(16)20)23-13(19)9-6-8(24(3,21)22)4-5-10(9)15/h4-7,11H,1-3H3,(H3,16,17,18,20)/t11-/m0/s1. The van der Waals surface area contributed by atoms with E-state index in [-0.39, 0.29) is 15.5 Å². The summed E-state index contributed by atoms with van der Waals surface area (Å²) in [6.45, 7) is 3.18. The maximum absolute atomic E-state index is 12.3. The normalized spacial score (nSPS) is 12.5. The van der Waals surface area contributed by atoms with Crippen LogP contribution in [0.1, 0.15) is 24.2 Å². The molecule has 0 aliphatic heterocycles. The Kier molecular flexibility index (Phi) is 6.33. The first kappa shape index (κ1) is 19.9. The number of carbonyl (C=O) groups is 3. The van der Waals surface area contributed by atoms with E-state index in [0.717, 1.165) is 12.3 Å². The number of ether oxygens (including phenoxy) is 1. The SMILES string of the molecule is CC(C)[C@H](OC(=O)c1cc(S(C)(=O)=O)ccc1Cl)C(=O)NC(N)=O. The van der Waals surface area contributed by atoms with Crippen LogP contribution in [0.15, 0.2) is 23.1 Å². The summed E-state index contributed by atoms with van der Waals surface area (Å²) in [6, 6.07) is 2.46. The molecular weight excluding hydrogens is 360 g/mol. The molecule has 3 amide bonds. The molecule has 132 valence electrons. The van der Waals surface area contributed by atoms with Crippen molar-refractivity contribution in [3.8, 4) is 0 Å². The average Bonchev–Trinajstić information content (AvgIpc) is 2.42. The molecule has 0 aromatic heterocycles. The summed E-state index contributed by atoms with van der Waals surface area (Å²) < 4.78 is 28.2. The maximum Gasteiger partial charge on any atom is 0.340 e. The van der Waals surface area contributed by atoms with Crippen LogP contribution >= 0.6 is 11.6 Å². The maximum atomic E-state index is 12.3. The van der Waals surface area contributed by atoms with E-state index in [1.54, 1.807) is 13.8 Å². The quantitative estimate of drug-likeness (QED) is 0.740. The highest BCUT2D eigenvalue weighted by atomic mass is 35.5. The highest BCUT2D eigenvalue weighted by Crippen LogP contribution is 2.22. The molecule has 0 saturated heterocycles.